The van der Waals surface area contributed by atoms with Crippen molar-refractivity contribution in [2.75, 3.05) is 47.4 Å². The molecule has 0 aliphatic heterocycles. The molecule has 0 saturated heterocycles. The molecule has 0 aromatic rings. The standard InChI is InChI=1S/C12H26N2O2/c1-6-11(2)9-14(7-8-16-5)10-12(15)13(3)4/h11H,6-10H2,1-5H3. The molecule has 1 unspecified atom stereocenters. The molecule has 0 rings (SSSR count). The number of carbonyl (C=O) groups excluding carboxylic acids is 1. The maximum atomic E-state index is 11.6. The van der Waals surface area contributed by atoms with E-state index in [0.717, 1.165) is 19.5 Å². The summed E-state index contributed by atoms with van der Waals surface area (Å²) >= 11 is 0. The van der Waals surface area contributed by atoms with Crippen molar-refractivity contribution >= 4 is 5.91 Å². The van der Waals surface area contributed by atoms with Crippen molar-refractivity contribution in [1.29, 1.82) is 0 Å². The van der Waals surface area contributed by atoms with Crippen LogP contribution >= 0.6 is 0 Å². The summed E-state index contributed by atoms with van der Waals surface area (Å²) in [6, 6.07) is 0. The number of carbonyl (C=O) groups is 1. The zero-order valence-corrected chi connectivity index (χ0v) is 11.3. The van der Waals surface area contributed by atoms with Crippen molar-refractivity contribution in [3.63, 3.8) is 0 Å². The number of nitrogens with zero attached hydrogens (tertiary/aromatic N) is 2. The van der Waals surface area contributed by atoms with Crippen LogP contribution in [-0.4, -0.2) is 63.2 Å². The number of hydrogen-bond donors (Lipinski definition) is 0. The van der Waals surface area contributed by atoms with Gasteiger partial charge in [-0.1, -0.05) is 20.3 Å². The number of ether oxygens (including phenoxy) is 1. The van der Waals surface area contributed by atoms with Crippen molar-refractivity contribution < 1.29 is 9.53 Å². The minimum absolute atomic E-state index is 0.152. The van der Waals surface area contributed by atoms with Crippen LogP contribution in [0.3, 0.4) is 0 Å². The molecule has 0 saturated carbocycles. The molecule has 0 heterocycles. The summed E-state index contributed by atoms with van der Waals surface area (Å²) in [5, 5.41) is 0. The first kappa shape index (κ1) is 15.4. The molecule has 0 aromatic heterocycles. The fourth-order valence-corrected chi connectivity index (χ4v) is 1.36. The van der Waals surface area contributed by atoms with E-state index in [1.165, 1.54) is 0 Å². The summed E-state index contributed by atoms with van der Waals surface area (Å²) < 4.78 is 5.06. The molecule has 1 amide bonds. The van der Waals surface area contributed by atoms with Gasteiger partial charge in [0, 0.05) is 34.3 Å². The molecule has 0 aromatic carbocycles. The second-order valence-corrected chi connectivity index (χ2v) is 4.53. The second-order valence-electron chi connectivity index (χ2n) is 4.53. The van der Waals surface area contributed by atoms with Crippen LogP contribution in [0.25, 0.3) is 0 Å². The van der Waals surface area contributed by atoms with Crippen LogP contribution in [0.2, 0.25) is 0 Å². The molecule has 16 heavy (non-hydrogen) atoms. The number of methoxy groups -OCH3 is 1. The number of likely N-dealkylation sites (N-methyl/N-ethyl adjacent to an activating group) is 1. The first-order valence-corrected chi connectivity index (χ1v) is 5.92. The predicted octanol–water partition coefficient (Wildman–Crippen LogP) is 1.07. The molecule has 0 N–H and O–H groups in total. The third-order valence-electron chi connectivity index (χ3n) is 2.74. The van der Waals surface area contributed by atoms with Gasteiger partial charge in [0.05, 0.1) is 13.2 Å². The highest BCUT2D eigenvalue weighted by molar-refractivity contribution is 5.77. The van der Waals surface area contributed by atoms with E-state index in [9.17, 15) is 4.79 Å². The Hall–Kier alpha value is -0.610. The molecule has 0 fully saturated rings. The highest BCUT2D eigenvalue weighted by Crippen LogP contribution is 2.04. The summed E-state index contributed by atoms with van der Waals surface area (Å²) in [6.07, 6.45) is 1.14. The lowest BCUT2D eigenvalue weighted by atomic mass is 10.1. The van der Waals surface area contributed by atoms with Crippen molar-refractivity contribution in [2.45, 2.75) is 20.3 Å². The van der Waals surface area contributed by atoms with E-state index >= 15 is 0 Å². The van der Waals surface area contributed by atoms with Crippen LogP contribution in [0.15, 0.2) is 0 Å². The van der Waals surface area contributed by atoms with Crippen molar-refractivity contribution in [3.8, 4) is 0 Å². The molecule has 1 atom stereocenters. The zero-order chi connectivity index (χ0) is 12.6. The lowest BCUT2D eigenvalue weighted by Gasteiger charge is -2.25. The fourth-order valence-electron chi connectivity index (χ4n) is 1.36. The molecule has 0 bridgehead atoms. The Bertz CT molecular complexity index is 195. The van der Waals surface area contributed by atoms with E-state index in [-0.39, 0.29) is 5.91 Å². The molecule has 0 aliphatic carbocycles. The normalized spacial score (nSPS) is 12.9. The Morgan fingerprint density at radius 3 is 2.44 bits per heavy atom. The minimum atomic E-state index is 0.152. The average molecular weight is 230 g/mol. The summed E-state index contributed by atoms with van der Waals surface area (Å²) in [4.78, 5) is 15.4. The maximum absolute atomic E-state index is 11.6. The third kappa shape index (κ3) is 6.80. The molecule has 0 radical (unpaired) electrons. The van der Waals surface area contributed by atoms with Crippen LogP contribution in [0.5, 0.6) is 0 Å². The van der Waals surface area contributed by atoms with Crippen LogP contribution in [0.1, 0.15) is 20.3 Å². The van der Waals surface area contributed by atoms with Crippen LogP contribution < -0.4 is 0 Å². The second kappa shape index (κ2) is 8.53. The molecule has 0 aliphatic rings. The summed E-state index contributed by atoms with van der Waals surface area (Å²) in [6.45, 7) is 7.32. The lowest BCUT2D eigenvalue weighted by Crippen LogP contribution is -2.40. The number of hydrogen-bond acceptors (Lipinski definition) is 3. The molecule has 4 nitrogen and oxygen atoms in total. The van der Waals surface area contributed by atoms with Gasteiger partial charge in [0.15, 0.2) is 0 Å². The van der Waals surface area contributed by atoms with Gasteiger partial charge in [-0.2, -0.15) is 0 Å². The van der Waals surface area contributed by atoms with Gasteiger partial charge >= 0.3 is 0 Å². The van der Waals surface area contributed by atoms with E-state index in [2.05, 4.69) is 18.7 Å². The topological polar surface area (TPSA) is 32.8 Å². The number of rotatable bonds is 8. The fraction of sp³-hybridized carbons (Fsp3) is 0.917. The van der Waals surface area contributed by atoms with Gasteiger partial charge in [-0.3, -0.25) is 9.69 Å². The Balaban J connectivity index is 4.14. The minimum Gasteiger partial charge on any atom is -0.383 e. The van der Waals surface area contributed by atoms with E-state index in [4.69, 9.17) is 4.74 Å². The van der Waals surface area contributed by atoms with Gasteiger partial charge in [-0.15, -0.1) is 0 Å². The quantitative estimate of drug-likeness (QED) is 0.625. The average Bonchev–Trinajstić information content (AvgIpc) is 2.25. The van der Waals surface area contributed by atoms with Gasteiger partial charge in [0.25, 0.3) is 0 Å². The summed E-state index contributed by atoms with van der Waals surface area (Å²) in [5.74, 6) is 0.770. The van der Waals surface area contributed by atoms with Gasteiger partial charge in [-0.25, -0.2) is 0 Å². The summed E-state index contributed by atoms with van der Waals surface area (Å²) in [7, 11) is 5.27. The predicted molar refractivity (Wildman–Crippen MR) is 66.5 cm³/mol. The SMILES string of the molecule is CCC(C)CN(CCOC)CC(=O)N(C)C. The highest BCUT2D eigenvalue weighted by atomic mass is 16.5. The van der Waals surface area contributed by atoms with Gasteiger partial charge in [0.1, 0.15) is 0 Å². The number of amides is 1. The van der Waals surface area contributed by atoms with Gasteiger partial charge < -0.3 is 9.64 Å². The maximum Gasteiger partial charge on any atom is 0.236 e. The largest absolute Gasteiger partial charge is 0.383 e. The Kier molecular flexibility index (Phi) is 8.21. The first-order valence-electron chi connectivity index (χ1n) is 5.92. The Labute approximate surface area is 99.5 Å². The monoisotopic (exact) mass is 230 g/mol. The van der Waals surface area contributed by atoms with Crippen LogP contribution in [-0.2, 0) is 9.53 Å². The smallest absolute Gasteiger partial charge is 0.236 e. The van der Waals surface area contributed by atoms with E-state index in [0.29, 0.717) is 19.1 Å². The molecule has 0 spiro atoms. The van der Waals surface area contributed by atoms with Crippen molar-refractivity contribution in [3.05, 3.63) is 0 Å². The zero-order valence-electron chi connectivity index (χ0n) is 11.3. The molecule has 4 heteroatoms. The van der Waals surface area contributed by atoms with Gasteiger partial charge in [-0.05, 0) is 5.92 Å². The highest BCUT2D eigenvalue weighted by Gasteiger charge is 2.14. The van der Waals surface area contributed by atoms with Crippen molar-refractivity contribution in [2.24, 2.45) is 5.92 Å². The first-order chi connectivity index (χ1) is 7.51. The van der Waals surface area contributed by atoms with Gasteiger partial charge in [0.2, 0.25) is 5.91 Å². The lowest BCUT2D eigenvalue weighted by molar-refractivity contribution is -0.130. The van der Waals surface area contributed by atoms with E-state index in [1.54, 1.807) is 26.1 Å². The van der Waals surface area contributed by atoms with Crippen LogP contribution in [0, 0.1) is 5.92 Å². The Morgan fingerprint density at radius 2 is 2.00 bits per heavy atom. The van der Waals surface area contributed by atoms with E-state index in [1.807, 2.05) is 0 Å². The molecular formula is C12H26N2O2. The Morgan fingerprint density at radius 1 is 1.38 bits per heavy atom. The van der Waals surface area contributed by atoms with E-state index < -0.39 is 0 Å². The van der Waals surface area contributed by atoms with Crippen molar-refractivity contribution in [1.82, 2.24) is 9.80 Å². The van der Waals surface area contributed by atoms with Crippen LogP contribution in [0.4, 0.5) is 0 Å². The molecule has 96 valence electrons. The summed E-state index contributed by atoms with van der Waals surface area (Å²) in [5.41, 5.74) is 0. The molecular weight excluding hydrogens is 204 g/mol. The third-order valence-corrected chi connectivity index (χ3v) is 2.74.